The van der Waals surface area contributed by atoms with Gasteiger partial charge in [-0.3, -0.25) is 9.59 Å². The lowest BCUT2D eigenvalue weighted by Crippen LogP contribution is -2.52. The van der Waals surface area contributed by atoms with E-state index in [0.29, 0.717) is 4.31 Å². The number of halogens is 2. The molecule has 0 bridgehead atoms. The Morgan fingerprint density at radius 3 is 2.34 bits per heavy atom. The molecule has 0 radical (unpaired) electrons. The van der Waals surface area contributed by atoms with Gasteiger partial charge in [0.05, 0.1) is 5.69 Å². The number of amides is 2. The lowest BCUT2D eigenvalue weighted by molar-refractivity contribution is -0.139. The van der Waals surface area contributed by atoms with Crippen LogP contribution in [-0.2, 0) is 26.3 Å². The standard InChI is InChI=1S/C21H26BrFN4O4S/c1-15(21(29)24-2)26(13-16-8-7-9-17(22)12-16)20(28)14-27(32(30,31)25(3)4)19-11-6-5-10-18(19)23/h5-12,15H,13-14H2,1-4H3,(H,24,29). The van der Waals surface area contributed by atoms with Crippen LogP contribution < -0.4 is 9.62 Å². The molecule has 0 saturated heterocycles. The number of para-hydroxylation sites is 1. The molecule has 8 nitrogen and oxygen atoms in total. The number of carbonyl (C=O) groups is 2. The molecule has 0 saturated carbocycles. The van der Waals surface area contributed by atoms with Gasteiger partial charge in [0.25, 0.3) is 0 Å². The van der Waals surface area contributed by atoms with Gasteiger partial charge >= 0.3 is 10.2 Å². The van der Waals surface area contributed by atoms with Crippen LogP contribution in [0.2, 0.25) is 0 Å². The largest absolute Gasteiger partial charge is 0.357 e. The molecule has 11 heteroatoms. The van der Waals surface area contributed by atoms with E-state index in [1.165, 1.54) is 44.2 Å². The number of hydrogen-bond acceptors (Lipinski definition) is 4. The zero-order valence-electron chi connectivity index (χ0n) is 18.2. The molecule has 0 aromatic heterocycles. The van der Waals surface area contributed by atoms with E-state index in [9.17, 15) is 22.4 Å². The maximum atomic E-state index is 14.5. The molecule has 1 atom stereocenters. The predicted molar refractivity (Wildman–Crippen MR) is 125 cm³/mol. The molecule has 32 heavy (non-hydrogen) atoms. The normalized spacial score (nSPS) is 12.3. The molecule has 1 unspecified atom stereocenters. The summed E-state index contributed by atoms with van der Waals surface area (Å²) in [6.45, 7) is 0.916. The lowest BCUT2D eigenvalue weighted by atomic mass is 10.1. The summed E-state index contributed by atoms with van der Waals surface area (Å²) in [6, 6.07) is 11.6. The van der Waals surface area contributed by atoms with Crippen molar-refractivity contribution in [1.29, 1.82) is 0 Å². The van der Waals surface area contributed by atoms with Crippen molar-refractivity contribution in [3.63, 3.8) is 0 Å². The Morgan fingerprint density at radius 1 is 1.12 bits per heavy atom. The van der Waals surface area contributed by atoms with Crippen molar-refractivity contribution in [3.05, 3.63) is 64.4 Å². The quantitative estimate of drug-likeness (QED) is 0.540. The highest BCUT2D eigenvalue weighted by Crippen LogP contribution is 2.24. The maximum Gasteiger partial charge on any atom is 0.304 e. The van der Waals surface area contributed by atoms with Gasteiger partial charge in [-0.25, -0.2) is 8.70 Å². The Labute approximate surface area is 196 Å². The average Bonchev–Trinajstić information content (AvgIpc) is 2.75. The fraction of sp³-hybridized carbons (Fsp3) is 0.333. The summed E-state index contributed by atoms with van der Waals surface area (Å²) < 4.78 is 42.8. The van der Waals surface area contributed by atoms with Crippen LogP contribution in [0.3, 0.4) is 0 Å². The molecule has 1 N–H and O–H groups in total. The number of benzene rings is 2. The fourth-order valence-electron chi connectivity index (χ4n) is 2.98. The van der Waals surface area contributed by atoms with Gasteiger partial charge in [-0.05, 0) is 36.8 Å². The Hall–Kier alpha value is -2.50. The second-order valence-electron chi connectivity index (χ2n) is 7.19. The number of hydrogen-bond donors (Lipinski definition) is 1. The van der Waals surface area contributed by atoms with Crippen LogP contribution in [-0.4, -0.2) is 63.2 Å². The van der Waals surface area contributed by atoms with Gasteiger partial charge in [0, 0.05) is 32.2 Å². The molecule has 0 aliphatic carbocycles. The van der Waals surface area contributed by atoms with Crippen LogP contribution in [0.5, 0.6) is 0 Å². The molecule has 2 aromatic carbocycles. The van der Waals surface area contributed by atoms with E-state index in [4.69, 9.17) is 0 Å². The topological polar surface area (TPSA) is 90.0 Å². The van der Waals surface area contributed by atoms with Gasteiger partial charge in [0.1, 0.15) is 18.4 Å². The third-order valence-corrected chi connectivity index (χ3v) is 7.09. The van der Waals surface area contributed by atoms with Crippen LogP contribution in [0.1, 0.15) is 12.5 Å². The number of anilines is 1. The molecular formula is C21H26BrFN4O4S. The summed E-state index contributed by atoms with van der Waals surface area (Å²) in [5.41, 5.74) is 0.473. The molecule has 2 rings (SSSR count). The second-order valence-corrected chi connectivity index (χ2v) is 10.2. The zero-order valence-corrected chi connectivity index (χ0v) is 20.7. The highest BCUT2D eigenvalue weighted by atomic mass is 79.9. The van der Waals surface area contributed by atoms with Crippen LogP contribution >= 0.6 is 15.9 Å². The molecule has 0 heterocycles. The van der Waals surface area contributed by atoms with Crippen LogP contribution in [0.25, 0.3) is 0 Å². The van der Waals surface area contributed by atoms with E-state index in [1.807, 2.05) is 6.07 Å². The lowest BCUT2D eigenvalue weighted by Gasteiger charge is -2.32. The van der Waals surface area contributed by atoms with Gasteiger partial charge in [0.15, 0.2) is 0 Å². The molecular weight excluding hydrogens is 503 g/mol. The first kappa shape index (κ1) is 25.8. The predicted octanol–water partition coefficient (Wildman–Crippen LogP) is 2.36. The zero-order chi connectivity index (χ0) is 24.1. The van der Waals surface area contributed by atoms with Crippen LogP contribution in [0.4, 0.5) is 10.1 Å². The average molecular weight is 529 g/mol. The Kier molecular flexibility index (Phi) is 8.76. The number of likely N-dealkylation sites (N-methyl/N-ethyl adjacent to an activating group) is 1. The Morgan fingerprint density at radius 2 is 1.78 bits per heavy atom. The summed E-state index contributed by atoms with van der Waals surface area (Å²) >= 11 is 3.37. The van der Waals surface area contributed by atoms with Crippen molar-refractivity contribution >= 4 is 43.6 Å². The van der Waals surface area contributed by atoms with Crippen molar-refractivity contribution in [2.24, 2.45) is 0 Å². The van der Waals surface area contributed by atoms with E-state index < -0.39 is 40.4 Å². The smallest absolute Gasteiger partial charge is 0.304 e. The molecule has 2 amide bonds. The third-order valence-electron chi connectivity index (χ3n) is 4.80. The van der Waals surface area contributed by atoms with Crippen molar-refractivity contribution in [3.8, 4) is 0 Å². The minimum atomic E-state index is -4.20. The number of rotatable bonds is 9. The summed E-state index contributed by atoms with van der Waals surface area (Å²) in [4.78, 5) is 26.9. The van der Waals surface area contributed by atoms with Gasteiger partial charge in [-0.2, -0.15) is 12.7 Å². The van der Waals surface area contributed by atoms with E-state index >= 15 is 0 Å². The second kappa shape index (κ2) is 10.9. The third kappa shape index (κ3) is 6.05. The molecule has 0 aliphatic rings. The van der Waals surface area contributed by atoms with Gasteiger partial charge in [-0.15, -0.1) is 0 Å². The van der Waals surface area contributed by atoms with Gasteiger partial charge in [-0.1, -0.05) is 40.2 Å². The number of carbonyl (C=O) groups excluding carboxylic acids is 2. The maximum absolute atomic E-state index is 14.5. The highest BCUT2D eigenvalue weighted by molar-refractivity contribution is 9.10. The first-order valence-corrected chi connectivity index (χ1v) is 11.9. The van der Waals surface area contributed by atoms with Crippen LogP contribution in [0.15, 0.2) is 53.0 Å². The van der Waals surface area contributed by atoms with Crippen LogP contribution in [0, 0.1) is 5.82 Å². The van der Waals surface area contributed by atoms with Crippen molar-refractivity contribution in [2.45, 2.75) is 19.5 Å². The summed E-state index contributed by atoms with van der Waals surface area (Å²) in [5, 5.41) is 2.50. The number of nitrogens with zero attached hydrogens (tertiary/aromatic N) is 3. The van der Waals surface area contributed by atoms with E-state index in [-0.39, 0.29) is 12.2 Å². The Balaban J connectivity index is 2.47. The van der Waals surface area contributed by atoms with E-state index in [0.717, 1.165) is 20.4 Å². The van der Waals surface area contributed by atoms with Crippen molar-refractivity contribution < 1.29 is 22.4 Å². The molecule has 0 aliphatic heterocycles. The highest BCUT2D eigenvalue weighted by Gasteiger charge is 2.33. The minimum absolute atomic E-state index is 0.0555. The summed E-state index contributed by atoms with van der Waals surface area (Å²) in [6.07, 6.45) is 0. The summed E-state index contributed by atoms with van der Waals surface area (Å²) in [7, 11) is -0.172. The molecule has 0 fully saturated rings. The Bertz CT molecular complexity index is 1080. The van der Waals surface area contributed by atoms with Crippen molar-refractivity contribution in [2.75, 3.05) is 32.0 Å². The van der Waals surface area contributed by atoms with Crippen molar-refractivity contribution in [1.82, 2.24) is 14.5 Å². The molecule has 0 spiro atoms. The van der Waals surface area contributed by atoms with Gasteiger partial charge < -0.3 is 10.2 Å². The first-order valence-electron chi connectivity index (χ1n) is 9.69. The monoisotopic (exact) mass is 528 g/mol. The SMILES string of the molecule is CNC(=O)C(C)N(Cc1cccc(Br)c1)C(=O)CN(c1ccccc1F)S(=O)(=O)N(C)C. The van der Waals surface area contributed by atoms with E-state index in [1.54, 1.807) is 25.1 Å². The molecule has 2 aromatic rings. The fourth-order valence-corrected chi connectivity index (χ4v) is 4.49. The summed E-state index contributed by atoms with van der Waals surface area (Å²) in [5.74, 6) is -1.86. The van der Waals surface area contributed by atoms with E-state index in [2.05, 4.69) is 21.2 Å². The molecule has 174 valence electrons. The van der Waals surface area contributed by atoms with Gasteiger partial charge in [0.2, 0.25) is 11.8 Å². The number of nitrogens with one attached hydrogen (secondary N) is 1. The first-order chi connectivity index (χ1) is 15.0. The minimum Gasteiger partial charge on any atom is -0.357 e.